The molecule has 1 aliphatic heterocycles. The van der Waals surface area contributed by atoms with E-state index in [-0.39, 0.29) is 23.9 Å². The van der Waals surface area contributed by atoms with Crippen LogP contribution < -0.4 is 5.32 Å². The first-order valence-corrected chi connectivity index (χ1v) is 11.6. The molecule has 0 atom stereocenters. The largest absolute Gasteiger partial charge is 0.416 e. The van der Waals surface area contributed by atoms with Gasteiger partial charge in [0, 0.05) is 23.5 Å². The summed E-state index contributed by atoms with van der Waals surface area (Å²) >= 11 is 8.14. The molecule has 1 aromatic heterocycles. The maximum Gasteiger partial charge on any atom is 0.416 e. The lowest BCUT2D eigenvalue weighted by Gasteiger charge is -2.14. The van der Waals surface area contributed by atoms with Gasteiger partial charge in [0.25, 0.3) is 5.91 Å². The summed E-state index contributed by atoms with van der Waals surface area (Å²) in [5.74, 6) is -0.450. The van der Waals surface area contributed by atoms with Crippen LogP contribution in [-0.4, -0.2) is 27.6 Å². The molecule has 0 unspecified atom stereocenters. The number of halogens is 3. The van der Waals surface area contributed by atoms with E-state index in [0.29, 0.717) is 35.0 Å². The Balaban J connectivity index is 1.40. The van der Waals surface area contributed by atoms with Crippen LogP contribution in [0.4, 0.5) is 18.9 Å². The first kappa shape index (κ1) is 23.5. The first-order valence-electron chi connectivity index (χ1n) is 9.50. The Morgan fingerprint density at radius 3 is 2.68 bits per heavy atom. The molecule has 164 valence electrons. The van der Waals surface area contributed by atoms with Crippen LogP contribution in [0.15, 0.2) is 46.7 Å². The highest BCUT2D eigenvalue weighted by Crippen LogP contribution is 2.33. The normalized spacial score (nSPS) is 15.7. The fourth-order valence-electron chi connectivity index (χ4n) is 2.92. The molecule has 0 spiro atoms. The molecule has 2 aromatic rings. The third kappa shape index (κ3) is 6.65. The molecular formula is C21H19F3N2O2S3. The van der Waals surface area contributed by atoms with Gasteiger partial charge in [-0.2, -0.15) is 13.2 Å². The summed E-state index contributed by atoms with van der Waals surface area (Å²) in [6, 6.07) is 8.40. The molecule has 10 heteroatoms. The average Bonchev–Trinajstić information content (AvgIpc) is 3.31. The summed E-state index contributed by atoms with van der Waals surface area (Å²) < 4.78 is 38.7. The van der Waals surface area contributed by atoms with Crippen LogP contribution in [0.3, 0.4) is 0 Å². The molecule has 1 aliphatic rings. The average molecular weight is 485 g/mol. The van der Waals surface area contributed by atoms with Crippen LogP contribution in [0.25, 0.3) is 6.08 Å². The molecule has 1 saturated heterocycles. The van der Waals surface area contributed by atoms with Crippen molar-refractivity contribution in [2.45, 2.75) is 31.9 Å². The van der Waals surface area contributed by atoms with Gasteiger partial charge >= 0.3 is 6.18 Å². The van der Waals surface area contributed by atoms with E-state index in [0.717, 1.165) is 17.0 Å². The molecule has 3 rings (SSSR count). The summed E-state index contributed by atoms with van der Waals surface area (Å²) in [5.41, 5.74) is -0.683. The van der Waals surface area contributed by atoms with E-state index < -0.39 is 11.7 Å². The zero-order chi connectivity index (χ0) is 22.4. The molecule has 0 aliphatic carbocycles. The maximum absolute atomic E-state index is 12.7. The van der Waals surface area contributed by atoms with Gasteiger partial charge in [0.2, 0.25) is 5.91 Å². The van der Waals surface area contributed by atoms with Crippen molar-refractivity contribution in [3.05, 3.63) is 57.1 Å². The standard InChI is InChI=1S/C21H19F3N2O2S3/c22-21(23,24)14-6-4-7-15(12-14)25-18(27)9-2-1-3-10-26-19(28)17(31-20(26)29)13-16-8-5-11-30-16/h4-8,11-13H,1-3,9-10H2,(H,25,27). The van der Waals surface area contributed by atoms with E-state index >= 15 is 0 Å². The lowest BCUT2D eigenvalue weighted by Crippen LogP contribution is -2.29. The molecule has 2 heterocycles. The van der Waals surface area contributed by atoms with Crippen molar-refractivity contribution in [2.24, 2.45) is 0 Å². The highest BCUT2D eigenvalue weighted by molar-refractivity contribution is 8.26. The van der Waals surface area contributed by atoms with Crippen LogP contribution in [-0.2, 0) is 15.8 Å². The highest BCUT2D eigenvalue weighted by atomic mass is 32.2. The van der Waals surface area contributed by atoms with E-state index in [1.54, 1.807) is 16.2 Å². The Morgan fingerprint density at radius 2 is 1.97 bits per heavy atom. The first-order chi connectivity index (χ1) is 14.7. The molecule has 1 aromatic carbocycles. The number of anilines is 1. The predicted octanol–water partition coefficient (Wildman–Crippen LogP) is 6.17. The number of thiocarbonyl (C=S) groups is 1. The minimum atomic E-state index is -4.45. The molecule has 0 radical (unpaired) electrons. The van der Waals surface area contributed by atoms with Crippen LogP contribution >= 0.6 is 35.3 Å². The second-order valence-electron chi connectivity index (χ2n) is 6.79. The van der Waals surface area contributed by atoms with Gasteiger partial charge in [-0.05, 0) is 48.6 Å². The minimum Gasteiger partial charge on any atom is -0.326 e. The van der Waals surface area contributed by atoms with Gasteiger partial charge in [-0.3, -0.25) is 14.5 Å². The number of carbonyl (C=O) groups is 2. The fraction of sp³-hybridized carbons (Fsp3) is 0.286. The van der Waals surface area contributed by atoms with Crippen LogP contribution in [0.5, 0.6) is 0 Å². The summed E-state index contributed by atoms with van der Waals surface area (Å²) in [5, 5.41) is 4.43. The van der Waals surface area contributed by atoms with Crippen molar-refractivity contribution in [1.29, 1.82) is 0 Å². The summed E-state index contributed by atoms with van der Waals surface area (Å²) in [4.78, 5) is 27.7. The van der Waals surface area contributed by atoms with Crippen molar-refractivity contribution < 1.29 is 22.8 Å². The second-order valence-corrected chi connectivity index (χ2v) is 9.44. The quantitative estimate of drug-likeness (QED) is 0.277. The smallest absolute Gasteiger partial charge is 0.326 e. The van der Waals surface area contributed by atoms with Gasteiger partial charge in [-0.1, -0.05) is 42.5 Å². The number of rotatable bonds is 8. The van der Waals surface area contributed by atoms with Crippen molar-refractivity contribution in [3.8, 4) is 0 Å². The highest BCUT2D eigenvalue weighted by Gasteiger charge is 2.32. The van der Waals surface area contributed by atoms with Crippen LogP contribution in [0.2, 0.25) is 0 Å². The number of nitrogens with one attached hydrogen (secondary N) is 1. The van der Waals surface area contributed by atoms with Crippen molar-refractivity contribution in [2.75, 3.05) is 11.9 Å². The Kier molecular flexibility index (Phi) is 7.90. The lowest BCUT2D eigenvalue weighted by atomic mass is 10.1. The zero-order valence-electron chi connectivity index (χ0n) is 16.3. The van der Waals surface area contributed by atoms with E-state index in [1.165, 1.54) is 23.9 Å². The molecule has 2 amide bonds. The van der Waals surface area contributed by atoms with Gasteiger partial charge in [-0.15, -0.1) is 11.3 Å². The Hall–Kier alpha value is -2.17. The predicted molar refractivity (Wildman–Crippen MR) is 123 cm³/mol. The van der Waals surface area contributed by atoms with E-state index in [4.69, 9.17) is 12.2 Å². The van der Waals surface area contributed by atoms with Crippen LogP contribution in [0.1, 0.15) is 36.1 Å². The molecule has 0 saturated carbocycles. The molecule has 0 bridgehead atoms. The Bertz CT molecular complexity index is 988. The molecule has 4 nitrogen and oxygen atoms in total. The van der Waals surface area contributed by atoms with E-state index in [1.807, 2.05) is 23.6 Å². The topological polar surface area (TPSA) is 49.4 Å². The number of benzene rings is 1. The van der Waals surface area contributed by atoms with Crippen molar-refractivity contribution in [1.82, 2.24) is 4.90 Å². The number of amides is 2. The Morgan fingerprint density at radius 1 is 1.16 bits per heavy atom. The Labute approximate surface area is 191 Å². The number of hydrogen-bond donors (Lipinski definition) is 1. The number of thiophene rings is 1. The van der Waals surface area contributed by atoms with Crippen LogP contribution in [0, 0.1) is 0 Å². The zero-order valence-corrected chi connectivity index (χ0v) is 18.7. The molecular weight excluding hydrogens is 465 g/mol. The maximum atomic E-state index is 12.7. The van der Waals surface area contributed by atoms with Gasteiger partial charge in [-0.25, -0.2) is 0 Å². The number of hydrogen-bond acceptors (Lipinski definition) is 5. The van der Waals surface area contributed by atoms with Gasteiger partial charge in [0.1, 0.15) is 4.32 Å². The minimum absolute atomic E-state index is 0.106. The SMILES string of the molecule is O=C(CCCCCN1C(=O)C(=Cc2cccs2)SC1=S)Nc1cccc(C(F)(F)F)c1. The number of unbranched alkanes of at least 4 members (excludes halogenated alkanes) is 2. The van der Waals surface area contributed by atoms with Crippen molar-refractivity contribution in [3.63, 3.8) is 0 Å². The van der Waals surface area contributed by atoms with E-state index in [9.17, 15) is 22.8 Å². The van der Waals surface area contributed by atoms with Crippen molar-refractivity contribution >= 4 is 63.2 Å². The third-order valence-corrected chi connectivity index (χ3v) is 6.65. The summed E-state index contributed by atoms with van der Waals surface area (Å²) in [7, 11) is 0. The summed E-state index contributed by atoms with van der Waals surface area (Å²) in [6.07, 6.45) is -0.502. The number of carbonyl (C=O) groups excluding carboxylic acids is 2. The molecule has 31 heavy (non-hydrogen) atoms. The number of nitrogens with zero attached hydrogens (tertiary/aromatic N) is 1. The van der Waals surface area contributed by atoms with E-state index in [2.05, 4.69) is 5.32 Å². The second kappa shape index (κ2) is 10.4. The fourth-order valence-corrected chi connectivity index (χ4v) is 4.96. The monoisotopic (exact) mass is 484 g/mol. The number of thioether (sulfide) groups is 1. The third-order valence-electron chi connectivity index (χ3n) is 4.45. The number of alkyl halides is 3. The molecule has 1 fully saturated rings. The lowest BCUT2D eigenvalue weighted by molar-refractivity contribution is -0.137. The van der Waals surface area contributed by atoms with Gasteiger partial charge < -0.3 is 5.32 Å². The van der Waals surface area contributed by atoms with Gasteiger partial charge in [0.15, 0.2) is 0 Å². The summed E-state index contributed by atoms with van der Waals surface area (Å²) in [6.45, 7) is 0.474. The van der Waals surface area contributed by atoms with Gasteiger partial charge in [0.05, 0.1) is 10.5 Å². The molecule has 1 N–H and O–H groups in total.